The minimum Gasteiger partial charge on any atom is -0.465 e. The zero-order chi connectivity index (χ0) is 13.4. The lowest BCUT2D eigenvalue weighted by Gasteiger charge is -2.26. The Morgan fingerprint density at radius 3 is 2.67 bits per heavy atom. The summed E-state index contributed by atoms with van der Waals surface area (Å²) in [5.74, 6) is 0.0224. The van der Waals surface area contributed by atoms with Crippen LogP contribution in [0.4, 0.5) is 0 Å². The van der Waals surface area contributed by atoms with Crippen LogP contribution in [0, 0.1) is 11.8 Å². The Morgan fingerprint density at radius 2 is 2.06 bits per heavy atom. The average molecular weight is 256 g/mol. The van der Waals surface area contributed by atoms with E-state index in [-0.39, 0.29) is 11.9 Å². The van der Waals surface area contributed by atoms with Gasteiger partial charge in [-0.1, -0.05) is 46.0 Å². The fraction of sp³-hybridized carbons (Fsp3) is 0.933. The van der Waals surface area contributed by atoms with Crippen LogP contribution in [0.5, 0.6) is 0 Å². The summed E-state index contributed by atoms with van der Waals surface area (Å²) in [7, 11) is 0. The molecule has 0 aliphatic heterocycles. The van der Waals surface area contributed by atoms with Crippen LogP contribution in [0.2, 0.25) is 0 Å². The van der Waals surface area contributed by atoms with Crippen molar-refractivity contribution in [2.45, 2.75) is 71.3 Å². The number of esters is 1. The van der Waals surface area contributed by atoms with E-state index in [1.807, 2.05) is 0 Å². The maximum absolute atomic E-state index is 11.9. The van der Waals surface area contributed by atoms with Gasteiger partial charge < -0.3 is 9.84 Å². The van der Waals surface area contributed by atoms with Crippen molar-refractivity contribution in [1.82, 2.24) is 0 Å². The summed E-state index contributed by atoms with van der Waals surface area (Å²) in [5.41, 5.74) is 0. The Morgan fingerprint density at radius 1 is 1.33 bits per heavy atom. The van der Waals surface area contributed by atoms with E-state index in [2.05, 4.69) is 13.8 Å². The van der Waals surface area contributed by atoms with Crippen LogP contribution < -0.4 is 0 Å². The van der Waals surface area contributed by atoms with Crippen molar-refractivity contribution in [3.05, 3.63) is 0 Å². The van der Waals surface area contributed by atoms with E-state index in [0.29, 0.717) is 12.5 Å². The molecular weight excluding hydrogens is 228 g/mol. The highest BCUT2D eigenvalue weighted by Gasteiger charge is 2.30. The van der Waals surface area contributed by atoms with Crippen molar-refractivity contribution in [3.63, 3.8) is 0 Å². The summed E-state index contributed by atoms with van der Waals surface area (Å²) in [4.78, 5) is 11.9. The van der Waals surface area contributed by atoms with E-state index >= 15 is 0 Å². The first-order chi connectivity index (χ1) is 8.69. The first kappa shape index (κ1) is 15.5. The summed E-state index contributed by atoms with van der Waals surface area (Å²) >= 11 is 0. The van der Waals surface area contributed by atoms with Crippen molar-refractivity contribution >= 4 is 5.97 Å². The lowest BCUT2D eigenvalue weighted by Crippen LogP contribution is -2.33. The zero-order valence-electron chi connectivity index (χ0n) is 11.9. The van der Waals surface area contributed by atoms with Gasteiger partial charge in [0.1, 0.15) is 0 Å². The highest BCUT2D eigenvalue weighted by atomic mass is 16.5. The van der Waals surface area contributed by atoms with Crippen LogP contribution in [-0.4, -0.2) is 23.8 Å². The van der Waals surface area contributed by atoms with Gasteiger partial charge in [0.2, 0.25) is 0 Å². The van der Waals surface area contributed by atoms with E-state index in [0.717, 1.165) is 38.5 Å². The number of aliphatic hydroxyl groups excluding tert-OH is 1. The fourth-order valence-electron chi connectivity index (χ4n) is 2.59. The fourth-order valence-corrected chi connectivity index (χ4v) is 2.59. The molecule has 0 radical (unpaired) electrons. The van der Waals surface area contributed by atoms with Gasteiger partial charge in [-0.05, 0) is 25.2 Å². The van der Waals surface area contributed by atoms with Gasteiger partial charge >= 0.3 is 5.97 Å². The molecule has 0 saturated heterocycles. The quantitative estimate of drug-likeness (QED) is 0.711. The number of carbonyl (C=O) groups is 1. The molecule has 0 bridgehead atoms. The van der Waals surface area contributed by atoms with Gasteiger partial charge in [0.15, 0.2) is 0 Å². The smallest absolute Gasteiger partial charge is 0.311 e. The number of rotatable bonds is 7. The second kappa shape index (κ2) is 8.52. The second-order valence-electron chi connectivity index (χ2n) is 5.50. The van der Waals surface area contributed by atoms with Gasteiger partial charge in [0.05, 0.1) is 18.6 Å². The van der Waals surface area contributed by atoms with Crippen molar-refractivity contribution < 1.29 is 14.6 Å². The monoisotopic (exact) mass is 256 g/mol. The molecule has 106 valence electrons. The number of hydrogen-bond acceptors (Lipinski definition) is 3. The molecule has 3 heteroatoms. The number of unbranched alkanes of at least 4 members (excludes halogenated alkanes) is 1. The largest absolute Gasteiger partial charge is 0.465 e. The van der Waals surface area contributed by atoms with E-state index < -0.39 is 6.10 Å². The Bertz CT molecular complexity index is 240. The minimum atomic E-state index is -0.484. The van der Waals surface area contributed by atoms with Crippen LogP contribution in [-0.2, 0) is 9.53 Å². The minimum absolute atomic E-state index is 0.183. The van der Waals surface area contributed by atoms with Crippen molar-refractivity contribution in [2.24, 2.45) is 11.8 Å². The molecule has 1 saturated carbocycles. The molecule has 0 unspecified atom stereocenters. The summed E-state index contributed by atoms with van der Waals surface area (Å²) < 4.78 is 5.40. The van der Waals surface area contributed by atoms with E-state index in [4.69, 9.17) is 4.74 Å². The summed E-state index contributed by atoms with van der Waals surface area (Å²) in [5, 5.41) is 9.80. The summed E-state index contributed by atoms with van der Waals surface area (Å²) in [6, 6.07) is 0. The molecule has 1 fully saturated rings. The van der Waals surface area contributed by atoms with E-state index in [1.165, 1.54) is 12.8 Å². The molecule has 1 N–H and O–H groups in total. The maximum atomic E-state index is 11.9. The first-order valence-corrected chi connectivity index (χ1v) is 7.53. The molecule has 1 aliphatic carbocycles. The second-order valence-corrected chi connectivity index (χ2v) is 5.50. The number of hydrogen-bond donors (Lipinski definition) is 1. The SMILES string of the molecule is CCCC[C@H](CC)COC(=O)[C@H]1CCCC[C@@H]1O. The molecule has 18 heavy (non-hydrogen) atoms. The Kier molecular flexibility index (Phi) is 7.33. The zero-order valence-corrected chi connectivity index (χ0v) is 11.9. The predicted octanol–water partition coefficient (Wildman–Crippen LogP) is 3.30. The Labute approximate surface area is 111 Å². The van der Waals surface area contributed by atoms with Crippen LogP contribution >= 0.6 is 0 Å². The van der Waals surface area contributed by atoms with Crippen molar-refractivity contribution in [2.75, 3.05) is 6.61 Å². The topological polar surface area (TPSA) is 46.5 Å². The normalized spacial score (nSPS) is 25.7. The van der Waals surface area contributed by atoms with Crippen LogP contribution in [0.3, 0.4) is 0 Å². The van der Waals surface area contributed by atoms with Crippen molar-refractivity contribution in [1.29, 1.82) is 0 Å². The van der Waals surface area contributed by atoms with Gasteiger partial charge in [-0.15, -0.1) is 0 Å². The lowest BCUT2D eigenvalue weighted by molar-refractivity contribution is -0.155. The van der Waals surface area contributed by atoms with E-state index in [9.17, 15) is 9.90 Å². The standard InChI is InChI=1S/C15H28O3/c1-3-5-8-12(4-2)11-18-15(17)13-9-6-7-10-14(13)16/h12-14,16H,3-11H2,1-2H3/t12-,13-,14-/m0/s1. The molecule has 0 heterocycles. The third kappa shape index (κ3) is 4.97. The molecular formula is C15H28O3. The number of carbonyl (C=O) groups excluding carboxylic acids is 1. The van der Waals surface area contributed by atoms with Gasteiger partial charge in [-0.2, -0.15) is 0 Å². The summed E-state index contributed by atoms with van der Waals surface area (Å²) in [6.45, 7) is 4.85. The molecule has 3 atom stereocenters. The van der Waals surface area contributed by atoms with Gasteiger partial charge in [-0.25, -0.2) is 0 Å². The molecule has 0 spiro atoms. The Balaban J connectivity index is 2.29. The van der Waals surface area contributed by atoms with Gasteiger partial charge in [0.25, 0.3) is 0 Å². The molecule has 0 aromatic rings. The maximum Gasteiger partial charge on any atom is 0.311 e. The molecule has 0 aromatic heterocycles. The van der Waals surface area contributed by atoms with Crippen LogP contribution in [0.25, 0.3) is 0 Å². The average Bonchev–Trinajstić information content (AvgIpc) is 2.39. The first-order valence-electron chi connectivity index (χ1n) is 7.53. The Hall–Kier alpha value is -0.570. The van der Waals surface area contributed by atoms with Crippen LogP contribution in [0.15, 0.2) is 0 Å². The third-order valence-electron chi connectivity index (χ3n) is 4.04. The van der Waals surface area contributed by atoms with Gasteiger partial charge in [0, 0.05) is 0 Å². The molecule has 3 nitrogen and oxygen atoms in total. The van der Waals surface area contributed by atoms with Crippen LogP contribution in [0.1, 0.15) is 65.2 Å². The molecule has 1 rings (SSSR count). The van der Waals surface area contributed by atoms with Gasteiger partial charge in [-0.3, -0.25) is 4.79 Å². The molecule has 0 amide bonds. The lowest BCUT2D eigenvalue weighted by atomic mass is 9.86. The van der Waals surface area contributed by atoms with E-state index in [1.54, 1.807) is 0 Å². The molecule has 0 aromatic carbocycles. The summed E-state index contributed by atoms with van der Waals surface area (Å²) in [6.07, 6.45) is 7.67. The highest BCUT2D eigenvalue weighted by molar-refractivity contribution is 5.73. The van der Waals surface area contributed by atoms with Crippen molar-refractivity contribution in [3.8, 4) is 0 Å². The predicted molar refractivity (Wildman–Crippen MR) is 72.2 cm³/mol. The number of ether oxygens (including phenoxy) is 1. The highest BCUT2D eigenvalue weighted by Crippen LogP contribution is 2.26. The molecule has 1 aliphatic rings. The number of aliphatic hydroxyl groups is 1. The third-order valence-corrected chi connectivity index (χ3v) is 4.04.